The summed E-state index contributed by atoms with van der Waals surface area (Å²) in [6, 6.07) is 7.40. The predicted octanol–water partition coefficient (Wildman–Crippen LogP) is 4.50. The maximum atomic E-state index is 13.9. The van der Waals surface area contributed by atoms with Gasteiger partial charge in [-0.2, -0.15) is 0 Å². The van der Waals surface area contributed by atoms with Crippen molar-refractivity contribution in [1.82, 2.24) is 10.3 Å². The van der Waals surface area contributed by atoms with Crippen molar-refractivity contribution < 1.29 is 27.8 Å². The lowest BCUT2D eigenvalue weighted by Crippen LogP contribution is -2.47. The zero-order chi connectivity index (χ0) is 24.1. The van der Waals surface area contributed by atoms with Crippen LogP contribution in [0, 0.1) is 17.6 Å². The molecule has 174 valence electrons. The molecule has 0 aliphatic rings. The van der Waals surface area contributed by atoms with E-state index in [9.17, 15) is 18.4 Å². The van der Waals surface area contributed by atoms with E-state index in [-0.39, 0.29) is 5.92 Å². The number of hydrogen-bond donors (Lipinski definition) is 2. The normalized spacial score (nSPS) is 11.7. The Balaban J connectivity index is 1.75. The van der Waals surface area contributed by atoms with Crippen molar-refractivity contribution in [3.8, 4) is 22.8 Å². The largest absolute Gasteiger partial charge is 0.493 e. The molecule has 0 saturated carbocycles. The number of amides is 2. The highest BCUT2D eigenvalue weighted by Crippen LogP contribution is 2.33. The standard InChI is InChI=1S/C23H23F2N3O4S/c1-12(2)20(27-21(29)19-14(24)6-5-7-15(19)25)22(30)28-23-26-16(11-33-23)13-8-9-17(31-3)18(10-13)32-4/h5-12,20H,1-4H3,(H,27,29)(H,26,28,30)/t20-/m0/s1. The van der Waals surface area contributed by atoms with Gasteiger partial charge in [-0.1, -0.05) is 19.9 Å². The van der Waals surface area contributed by atoms with E-state index in [4.69, 9.17) is 9.47 Å². The van der Waals surface area contributed by atoms with Gasteiger partial charge >= 0.3 is 0 Å². The molecule has 10 heteroatoms. The number of methoxy groups -OCH3 is 2. The van der Waals surface area contributed by atoms with Gasteiger partial charge in [0.05, 0.1) is 19.9 Å². The van der Waals surface area contributed by atoms with E-state index in [2.05, 4.69) is 15.6 Å². The van der Waals surface area contributed by atoms with E-state index in [1.165, 1.54) is 18.4 Å². The Bertz CT molecular complexity index is 1150. The minimum atomic E-state index is -1.04. The summed E-state index contributed by atoms with van der Waals surface area (Å²) in [7, 11) is 3.07. The van der Waals surface area contributed by atoms with Crippen molar-refractivity contribution >= 4 is 28.3 Å². The molecule has 3 aromatic rings. The third-order valence-electron chi connectivity index (χ3n) is 4.84. The molecule has 2 N–H and O–H groups in total. The molecule has 0 aliphatic carbocycles. The Kier molecular flexibility index (Phi) is 7.59. The highest BCUT2D eigenvalue weighted by molar-refractivity contribution is 7.14. The minimum absolute atomic E-state index is 0.307. The summed E-state index contributed by atoms with van der Waals surface area (Å²) in [4.78, 5) is 29.7. The monoisotopic (exact) mass is 475 g/mol. The average Bonchev–Trinajstić information content (AvgIpc) is 3.24. The quantitative estimate of drug-likeness (QED) is 0.501. The number of ether oxygens (including phenoxy) is 2. The van der Waals surface area contributed by atoms with Crippen LogP contribution in [0.2, 0.25) is 0 Å². The number of carbonyl (C=O) groups excluding carboxylic acids is 2. The van der Waals surface area contributed by atoms with Gasteiger partial charge in [0.2, 0.25) is 5.91 Å². The number of carbonyl (C=O) groups is 2. The SMILES string of the molecule is COc1ccc(-c2csc(NC(=O)[C@@H](NC(=O)c3c(F)cccc3F)C(C)C)n2)cc1OC. The van der Waals surface area contributed by atoms with Gasteiger partial charge in [-0.05, 0) is 36.2 Å². The molecule has 7 nitrogen and oxygen atoms in total. The van der Waals surface area contributed by atoms with Crippen molar-refractivity contribution in [2.75, 3.05) is 19.5 Å². The van der Waals surface area contributed by atoms with E-state index in [0.29, 0.717) is 22.3 Å². The first-order chi connectivity index (χ1) is 15.7. The number of benzene rings is 2. The molecule has 3 rings (SSSR count). The van der Waals surface area contributed by atoms with E-state index in [1.807, 2.05) is 6.07 Å². The number of thiazole rings is 1. The fraction of sp³-hybridized carbons (Fsp3) is 0.261. The number of nitrogens with one attached hydrogen (secondary N) is 2. The van der Waals surface area contributed by atoms with Crippen LogP contribution in [0.15, 0.2) is 41.8 Å². The second-order valence-corrected chi connectivity index (χ2v) is 8.25. The lowest BCUT2D eigenvalue weighted by Gasteiger charge is -2.21. The average molecular weight is 476 g/mol. The number of nitrogens with zero attached hydrogens (tertiary/aromatic N) is 1. The third-order valence-corrected chi connectivity index (χ3v) is 5.60. The van der Waals surface area contributed by atoms with E-state index < -0.39 is 35.1 Å². The van der Waals surface area contributed by atoms with Crippen LogP contribution in [0.5, 0.6) is 11.5 Å². The fourth-order valence-electron chi connectivity index (χ4n) is 3.11. The van der Waals surface area contributed by atoms with Crippen LogP contribution in [-0.2, 0) is 4.79 Å². The van der Waals surface area contributed by atoms with Crippen LogP contribution in [-0.4, -0.2) is 37.1 Å². The molecule has 0 unspecified atom stereocenters. The van der Waals surface area contributed by atoms with Crippen LogP contribution < -0.4 is 20.1 Å². The number of aromatic nitrogens is 1. The van der Waals surface area contributed by atoms with Gasteiger partial charge in [0, 0.05) is 10.9 Å². The van der Waals surface area contributed by atoms with Crippen LogP contribution in [0.4, 0.5) is 13.9 Å². The first-order valence-electron chi connectivity index (χ1n) is 9.98. The van der Waals surface area contributed by atoms with Crippen molar-refractivity contribution in [2.45, 2.75) is 19.9 Å². The molecular weight excluding hydrogens is 452 g/mol. The minimum Gasteiger partial charge on any atom is -0.493 e. The van der Waals surface area contributed by atoms with Crippen molar-refractivity contribution in [1.29, 1.82) is 0 Å². The number of anilines is 1. The highest BCUT2D eigenvalue weighted by Gasteiger charge is 2.28. The molecule has 0 radical (unpaired) electrons. The van der Waals surface area contributed by atoms with Gasteiger partial charge in [0.25, 0.3) is 5.91 Å². The molecule has 2 amide bonds. The Morgan fingerprint density at radius 3 is 2.30 bits per heavy atom. The summed E-state index contributed by atoms with van der Waals surface area (Å²) in [6.45, 7) is 3.41. The molecule has 0 spiro atoms. The molecule has 33 heavy (non-hydrogen) atoms. The topological polar surface area (TPSA) is 89.6 Å². The molecule has 1 aromatic heterocycles. The molecule has 0 saturated heterocycles. The predicted molar refractivity (Wildman–Crippen MR) is 122 cm³/mol. The Morgan fingerprint density at radius 1 is 1.03 bits per heavy atom. The maximum absolute atomic E-state index is 13.9. The zero-order valence-corrected chi connectivity index (χ0v) is 19.3. The summed E-state index contributed by atoms with van der Waals surface area (Å²) >= 11 is 1.20. The molecular formula is C23H23F2N3O4S. The summed E-state index contributed by atoms with van der Waals surface area (Å²) in [5.41, 5.74) is 0.629. The Labute approximate surface area is 193 Å². The van der Waals surface area contributed by atoms with Gasteiger partial charge < -0.3 is 20.1 Å². The first-order valence-corrected chi connectivity index (χ1v) is 10.9. The van der Waals surface area contributed by atoms with Crippen molar-refractivity contribution in [3.05, 3.63) is 59.0 Å². The van der Waals surface area contributed by atoms with E-state index in [1.54, 1.807) is 38.5 Å². The van der Waals surface area contributed by atoms with Crippen LogP contribution in [0.1, 0.15) is 24.2 Å². The summed E-state index contributed by atoms with van der Waals surface area (Å²) in [6.07, 6.45) is 0. The van der Waals surface area contributed by atoms with Crippen LogP contribution >= 0.6 is 11.3 Å². The second kappa shape index (κ2) is 10.4. The van der Waals surface area contributed by atoms with E-state index >= 15 is 0 Å². The molecule has 0 bridgehead atoms. The van der Waals surface area contributed by atoms with Gasteiger partial charge in [-0.25, -0.2) is 13.8 Å². The van der Waals surface area contributed by atoms with Gasteiger partial charge in [0.15, 0.2) is 16.6 Å². The lowest BCUT2D eigenvalue weighted by atomic mass is 10.0. The Hall–Kier alpha value is -3.53. The van der Waals surface area contributed by atoms with Gasteiger partial charge in [-0.3, -0.25) is 9.59 Å². The van der Waals surface area contributed by atoms with Crippen molar-refractivity contribution in [3.63, 3.8) is 0 Å². The summed E-state index contributed by atoms with van der Waals surface area (Å²) < 4.78 is 38.4. The molecule has 1 atom stereocenters. The molecule has 1 heterocycles. The Morgan fingerprint density at radius 2 is 1.70 bits per heavy atom. The molecule has 0 fully saturated rings. The fourth-order valence-corrected chi connectivity index (χ4v) is 3.83. The van der Waals surface area contributed by atoms with Crippen LogP contribution in [0.25, 0.3) is 11.3 Å². The van der Waals surface area contributed by atoms with Gasteiger partial charge in [-0.15, -0.1) is 11.3 Å². The summed E-state index contributed by atoms with van der Waals surface area (Å²) in [5, 5.41) is 7.14. The lowest BCUT2D eigenvalue weighted by molar-refractivity contribution is -0.118. The smallest absolute Gasteiger partial charge is 0.257 e. The second-order valence-electron chi connectivity index (χ2n) is 7.39. The number of hydrogen-bond acceptors (Lipinski definition) is 6. The van der Waals surface area contributed by atoms with Crippen LogP contribution in [0.3, 0.4) is 0 Å². The van der Waals surface area contributed by atoms with E-state index in [0.717, 1.165) is 23.8 Å². The van der Waals surface area contributed by atoms with Gasteiger partial charge in [0.1, 0.15) is 23.2 Å². The zero-order valence-electron chi connectivity index (χ0n) is 18.4. The number of rotatable bonds is 8. The number of halogens is 2. The molecule has 2 aromatic carbocycles. The summed E-state index contributed by atoms with van der Waals surface area (Å²) in [5.74, 6) is -2.81. The first kappa shape index (κ1) is 24.1. The molecule has 0 aliphatic heterocycles. The highest BCUT2D eigenvalue weighted by atomic mass is 32.1. The maximum Gasteiger partial charge on any atom is 0.257 e. The third kappa shape index (κ3) is 5.46. The van der Waals surface area contributed by atoms with Crippen molar-refractivity contribution in [2.24, 2.45) is 5.92 Å².